The van der Waals surface area contributed by atoms with Gasteiger partial charge in [-0.05, 0) is 17.7 Å². The molecule has 0 atom stereocenters. The molecule has 0 saturated heterocycles. The van der Waals surface area contributed by atoms with Crippen LogP contribution >= 0.6 is 22.9 Å². The van der Waals surface area contributed by atoms with E-state index >= 15 is 0 Å². The molecule has 0 saturated carbocycles. The van der Waals surface area contributed by atoms with Crippen molar-refractivity contribution in [2.45, 2.75) is 26.4 Å². The first-order valence-electron chi connectivity index (χ1n) is 7.54. The van der Waals surface area contributed by atoms with Crippen molar-refractivity contribution in [2.24, 2.45) is 0 Å². The molecule has 0 spiro atoms. The van der Waals surface area contributed by atoms with Gasteiger partial charge in [0.2, 0.25) is 5.91 Å². The summed E-state index contributed by atoms with van der Waals surface area (Å²) in [4.78, 5) is 30.6. The summed E-state index contributed by atoms with van der Waals surface area (Å²) in [6.45, 7) is 3.04. The molecule has 1 aliphatic heterocycles. The second-order valence-electron chi connectivity index (χ2n) is 5.53. The lowest BCUT2D eigenvalue weighted by molar-refractivity contribution is -0.114. The van der Waals surface area contributed by atoms with Crippen molar-refractivity contribution in [3.63, 3.8) is 0 Å². The van der Waals surface area contributed by atoms with Crippen LogP contribution < -0.4 is 10.6 Å². The lowest BCUT2D eigenvalue weighted by Crippen LogP contribution is -2.42. The van der Waals surface area contributed by atoms with E-state index in [2.05, 4.69) is 15.6 Å². The van der Waals surface area contributed by atoms with E-state index in [1.807, 2.05) is 12.1 Å². The Bertz CT molecular complexity index is 760. The number of benzene rings is 1. The van der Waals surface area contributed by atoms with Gasteiger partial charge >= 0.3 is 6.03 Å². The van der Waals surface area contributed by atoms with Crippen molar-refractivity contribution in [3.05, 3.63) is 45.4 Å². The molecule has 0 radical (unpaired) electrons. The van der Waals surface area contributed by atoms with Gasteiger partial charge in [0.05, 0.1) is 12.2 Å². The van der Waals surface area contributed by atoms with Crippen LogP contribution in [0.25, 0.3) is 0 Å². The van der Waals surface area contributed by atoms with Gasteiger partial charge in [-0.2, -0.15) is 0 Å². The lowest BCUT2D eigenvalue weighted by Gasteiger charge is -2.26. The number of fused-ring (bicyclic) bond motifs is 1. The van der Waals surface area contributed by atoms with Crippen molar-refractivity contribution in [3.8, 4) is 0 Å². The summed E-state index contributed by atoms with van der Waals surface area (Å²) in [7, 11) is 0. The van der Waals surface area contributed by atoms with Crippen LogP contribution in [0.4, 0.5) is 9.93 Å². The summed E-state index contributed by atoms with van der Waals surface area (Å²) >= 11 is 7.27. The molecule has 2 N–H and O–H groups in total. The van der Waals surface area contributed by atoms with Crippen molar-refractivity contribution >= 4 is 40.0 Å². The van der Waals surface area contributed by atoms with Gasteiger partial charge in [-0.1, -0.05) is 35.1 Å². The number of urea groups is 1. The summed E-state index contributed by atoms with van der Waals surface area (Å²) in [5.41, 5.74) is 1.96. The minimum Gasteiger partial charge on any atom is -0.334 e. The van der Waals surface area contributed by atoms with Gasteiger partial charge in [0.1, 0.15) is 0 Å². The van der Waals surface area contributed by atoms with E-state index in [4.69, 9.17) is 11.6 Å². The minimum absolute atomic E-state index is 0.106. The number of nitrogens with one attached hydrogen (secondary N) is 2. The first-order valence-corrected chi connectivity index (χ1v) is 8.74. The number of thiazole rings is 1. The average molecular weight is 365 g/mol. The Morgan fingerprint density at radius 1 is 1.33 bits per heavy atom. The molecule has 0 bridgehead atoms. The number of nitrogens with zero attached hydrogens (tertiary/aromatic N) is 2. The highest BCUT2D eigenvalue weighted by atomic mass is 35.5. The molecule has 8 heteroatoms. The SMILES string of the molecule is CC(=O)Nc1nc2c(s1)CN(C(=O)NCc1ccc(Cl)cc1)CC2. The molecule has 0 unspecified atom stereocenters. The molecule has 0 fully saturated rings. The van der Waals surface area contributed by atoms with Crippen LogP contribution in [0.5, 0.6) is 0 Å². The smallest absolute Gasteiger partial charge is 0.318 e. The highest BCUT2D eigenvalue weighted by Gasteiger charge is 2.24. The summed E-state index contributed by atoms with van der Waals surface area (Å²) in [5.74, 6) is -0.140. The van der Waals surface area contributed by atoms with Gasteiger partial charge in [0.25, 0.3) is 0 Å². The average Bonchev–Trinajstić information content (AvgIpc) is 2.94. The Hall–Kier alpha value is -2.12. The number of hydrogen-bond donors (Lipinski definition) is 2. The second-order valence-corrected chi connectivity index (χ2v) is 7.05. The topological polar surface area (TPSA) is 74.3 Å². The van der Waals surface area contributed by atoms with Crippen molar-refractivity contribution in [1.82, 2.24) is 15.2 Å². The third-order valence-corrected chi connectivity index (χ3v) is 4.91. The number of carbonyl (C=O) groups excluding carboxylic acids is 2. The number of aromatic nitrogens is 1. The molecule has 2 heterocycles. The molecular formula is C16H17ClN4O2S. The van der Waals surface area contributed by atoms with Crippen molar-refractivity contribution < 1.29 is 9.59 Å². The first kappa shape index (κ1) is 16.7. The maximum absolute atomic E-state index is 12.3. The fourth-order valence-electron chi connectivity index (χ4n) is 2.46. The Labute approximate surface area is 148 Å². The maximum Gasteiger partial charge on any atom is 0.318 e. The van der Waals surface area contributed by atoms with E-state index < -0.39 is 0 Å². The second kappa shape index (κ2) is 7.19. The molecule has 1 aliphatic rings. The standard InChI is InChI=1S/C16H17ClN4O2S/c1-10(22)19-15-20-13-6-7-21(9-14(13)24-15)16(23)18-8-11-2-4-12(17)5-3-11/h2-5H,6-9H2,1H3,(H,18,23)(H,19,20,22). The highest BCUT2D eigenvalue weighted by Crippen LogP contribution is 2.28. The quantitative estimate of drug-likeness (QED) is 0.879. The largest absolute Gasteiger partial charge is 0.334 e. The third kappa shape index (κ3) is 4.04. The molecule has 24 heavy (non-hydrogen) atoms. The summed E-state index contributed by atoms with van der Waals surface area (Å²) < 4.78 is 0. The summed E-state index contributed by atoms with van der Waals surface area (Å²) in [6, 6.07) is 7.28. The normalized spacial score (nSPS) is 13.3. The van der Waals surface area contributed by atoms with Crippen molar-refractivity contribution in [2.75, 3.05) is 11.9 Å². The molecule has 126 valence electrons. The number of carbonyl (C=O) groups is 2. The number of rotatable bonds is 3. The fraction of sp³-hybridized carbons (Fsp3) is 0.312. The first-order chi connectivity index (χ1) is 11.5. The fourth-order valence-corrected chi connectivity index (χ4v) is 3.66. The molecule has 3 rings (SSSR count). The van der Waals surface area contributed by atoms with Gasteiger partial charge in [0, 0.05) is 36.3 Å². The van der Waals surface area contributed by atoms with E-state index in [0.717, 1.165) is 16.1 Å². The molecular weight excluding hydrogens is 348 g/mol. The van der Waals surface area contributed by atoms with Crippen LogP contribution in [0.2, 0.25) is 5.02 Å². The van der Waals surface area contributed by atoms with E-state index in [9.17, 15) is 9.59 Å². The van der Waals surface area contributed by atoms with Gasteiger partial charge in [-0.3, -0.25) is 4.79 Å². The van der Waals surface area contributed by atoms with Crippen LogP contribution in [0.15, 0.2) is 24.3 Å². The summed E-state index contributed by atoms with van der Waals surface area (Å²) in [6.07, 6.45) is 0.694. The number of anilines is 1. The third-order valence-electron chi connectivity index (χ3n) is 3.66. The van der Waals surface area contributed by atoms with Crippen LogP contribution in [0.3, 0.4) is 0 Å². The van der Waals surface area contributed by atoms with Crippen LogP contribution in [-0.4, -0.2) is 28.4 Å². The molecule has 1 aromatic carbocycles. The molecule has 2 aromatic rings. The number of amides is 3. The van der Waals surface area contributed by atoms with Crippen molar-refractivity contribution in [1.29, 1.82) is 0 Å². The molecule has 1 aromatic heterocycles. The van der Waals surface area contributed by atoms with Gasteiger partial charge in [-0.25, -0.2) is 9.78 Å². The minimum atomic E-state index is -0.140. The van der Waals surface area contributed by atoms with Crippen LogP contribution in [0.1, 0.15) is 23.1 Å². The predicted octanol–water partition coefficient (Wildman–Crippen LogP) is 3.02. The van der Waals surface area contributed by atoms with Gasteiger partial charge in [-0.15, -0.1) is 0 Å². The zero-order valence-electron chi connectivity index (χ0n) is 13.1. The van der Waals surface area contributed by atoms with Gasteiger partial charge < -0.3 is 15.5 Å². The van der Waals surface area contributed by atoms with E-state index in [1.54, 1.807) is 17.0 Å². The van der Waals surface area contributed by atoms with Crippen LogP contribution in [0, 0.1) is 0 Å². The highest BCUT2D eigenvalue weighted by molar-refractivity contribution is 7.15. The zero-order chi connectivity index (χ0) is 17.1. The Kier molecular flexibility index (Phi) is 5.01. The molecule has 0 aliphatic carbocycles. The number of halogens is 1. The zero-order valence-corrected chi connectivity index (χ0v) is 14.7. The Morgan fingerprint density at radius 3 is 2.79 bits per heavy atom. The molecule has 6 nitrogen and oxygen atoms in total. The van der Waals surface area contributed by atoms with E-state index in [0.29, 0.717) is 36.2 Å². The van der Waals surface area contributed by atoms with E-state index in [-0.39, 0.29) is 11.9 Å². The Morgan fingerprint density at radius 2 is 2.08 bits per heavy atom. The van der Waals surface area contributed by atoms with Crippen LogP contribution in [-0.2, 0) is 24.3 Å². The Balaban J connectivity index is 1.58. The van der Waals surface area contributed by atoms with E-state index in [1.165, 1.54) is 18.3 Å². The monoisotopic (exact) mass is 364 g/mol. The maximum atomic E-state index is 12.3. The lowest BCUT2D eigenvalue weighted by atomic mass is 10.2. The number of hydrogen-bond acceptors (Lipinski definition) is 4. The predicted molar refractivity (Wildman–Crippen MR) is 94.2 cm³/mol. The molecule has 3 amide bonds. The van der Waals surface area contributed by atoms with Gasteiger partial charge in [0.15, 0.2) is 5.13 Å². The summed E-state index contributed by atoms with van der Waals surface area (Å²) in [5, 5.41) is 6.88.